The minimum absolute atomic E-state index is 0.405. The van der Waals surface area contributed by atoms with Crippen LogP contribution in [0.2, 0.25) is 0 Å². The second-order valence-electron chi connectivity index (χ2n) is 17.4. The summed E-state index contributed by atoms with van der Waals surface area (Å²) < 4.78 is 4.49. The maximum Gasteiger partial charge on any atom is 0.184 e. The minimum atomic E-state index is 0.405. The first-order chi connectivity index (χ1) is 35.5. The fraction of sp³-hybridized carbons (Fsp3) is 0. The van der Waals surface area contributed by atoms with Gasteiger partial charge in [-0.15, -0.1) is 0 Å². The number of fused-ring (bicyclic) bond motifs is 6. The van der Waals surface area contributed by atoms with Gasteiger partial charge >= 0.3 is 0 Å². The standard InChI is InChI=1S/C64H34N8/c1-68-48-24-26-50(57(36-48)69-2)45-23-28-61-54(33-45)52-18-10-12-20-59(52)72(61)63-31-41(38-66)30-62(64(63)46-34-55(42-13-5-3-6-14-42)70-56(35-46)43-15-7-4-8-16-43)71-58-19-11-9-17-51(58)53-32-44(22-27-60(53)71)49-25-21-40(37-65)29-47(49)39-67/h3-36H. The average molecular weight is 915 g/mol. The van der Waals surface area contributed by atoms with E-state index >= 15 is 0 Å². The molecule has 12 rings (SSSR count). The van der Waals surface area contributed by atoms with E-state index in [9.17, 15) is 15.8 Å². The highest BCUT2D eigenvalue weighted by Gasteiger charge is 2.25. The number of nitrogens with zero attached hydrogens (tertiary/aromatic N) is 8. The lowest BCUT2D eigenvalue weighted by molar-refractivity contribution is 1.13. The molecule has 0 radical (unpaired) electrons. The van der Waals surface area contributed by atoms with E-state index in [4.69, 9.17) is 18.1 Å². The van der Waals surface area contributed by atoms with Gasteiger partial charge in [-0.05, 0) is 101 Å². The first kappa shape index (κ1) is 42.5. The van der Waals surface area contributed by atoms with Crippen LogP contribution in [0.3, 0.4) is 0 Å². The van der Waals surface area contributed by atoms with Crippen LogP contribution in [0.4, 0.5) is 11.4 Å². The van der Waals surface area contributed by atoms with Crippen LogP contribution >= 0.6 is 0 Å². The molecule has 0 spiro atoms. The van der Waals surface area contributed by atoms with Crippen LogP contribution in [0.15, 0.2) is 206 Å². The van der Waals surface area contributed by atoms with E-state index in [1.807, 2.05) is 97.1 Å². The van der Waals surface area contributed by atoms with Crippen molar-refractivity contribution in [3.05, 3.63) is 246 Å². The third-order valence-electron chi connectivity index (χ3n) is 13.4. The van der Waals surface area contributed by atoms with Gasteiger partial charge in [0.05, 0.1) is 92.9 Å². The van der Waals surface area contributed by atoms with Crippen LogP contribution in [0.5, 0.6) is 0 Å². The van der Waals surface area contributed by atoms with E-state index in [2.05, 4.69) is 122 Å². The summed E-state index contributed by atoms with van der Waals surface area (Å²) in [6.07, 6.45) is 0. The third-order valence-corrected chi connectivity index (χ3v) is 13.4. The van der Waals surface area contributed by atoms with Gasteiger partial charge in [0, 0.05) is 38.2 Å². The van der Waals surface area contributed by atoms with Gasteiger partial charge in [0.1, 0.15) is 0 Å². The van der Waals surface area contributed by atoms with E-state index in [0.717, 1.165) is 111 Å². The molecule has 8 nitrogen and oxygen atoms in total. The third kappa shape index (κ3) is 7.00. The monoisotopic (exact) mass is 914 g/mol. The molecular weight excluding hydrogens is 881 g/mol. The van der Waals surface area contributed by atoms with Crippen LogP contribution < -0.4 is 0 Å². The summed E-state index contributed by atoms with van der Waals surface area (Å²) in [6, 6.07) is 74.9. The molecule has 0 aliphatic heterocycles. The molecule has 0 unspecified atom stereocenters. The summed E-state index contributed by atoms with van der Waals surface area (Å²) >= 11 is 0. The molecule has 0 aliphatic rings. The minimum Gasteiger partial charge on any atom is -0.308 e. The maximum atomic E-state index is 11.1. The van der Waals surface area contributed by atoms with Gasteiger partial charge in [0.15, 0.2) is 11.4 Å². The Bertz CT molecular complexity index is 4180. The van der Waals surface area contributed by atoms with Crippen LogP contribution in [0.25, 0.3) is 121 Å². The van der Waals surface area contributed by atoms with Crippen molar-refractivity contribution >= 4 is 55.0 Å². The molecule has 0 N–H and O–H groups in total. The highest BCUT2D eigenvalue weighted by atomic mass is 15.0. The van der Waals surface area contributed by atoms with Crippen molar-refractivity contribution in [1.82, 2.24) is 14.1 Å². The first-order valence-electron chi connectivity index (χ1n) is 23.1. The number of para-hydroxylation sites is 2. The molecule has 0 saturated heterocycles. The molecule has 3 heterocycles. The fourth-order valence-electron chi connectivity index (χ4n) is 10.2. The van der Waals surface area contributed by atoms with Gasteiger partial charge in [-0.3, -0.25) is 0 Å². The molecule has 0 saturated carbocycles. The molecule has 8 heteroatoms. The van der Waals surface area contributed by atoms with Gasteiger partial charge in [-0.25, -0.2) is 14.7 Å². The lowest BCUT2D eigenvalue weighted by atomic mass is 9.95. The number of aromatic nitrogens is 3. The van der Waals surface area contributed by atoms with Crippen LogP contribution in [0, 0.1) is 47.1 Å². The Hall–Kier alpha value is -10.8. The molecule has 0 atom stereocenters. The number of benzene rings is 9. The highest BCUT2D eigenvalue weighted by molar-refractivity contribution is 6.13. The zero-order valence-electron chi connectivity index (χ0n) is 38.2. The fourth-order valence-corrected chi connectivity index (χ4v) is 10.2. The predicted molar refractivity (Wildman–Crippen MR) is 287 cm³/mol. The molecule has 72 heavy (non-hydrogen) atoms. The van der Waals surface area contributed by atoms with Gasteiger partial charge < -0.3 is 9.13 Å². The van der Waals surface area contributed by atoms with E-state index in [1.165, 1.54) is 0 Å². The molecule has 3 aromatic heterocycles. The molecule has 0 aliphatic carbocycles. The number of nitriles is 3. The van der Waals surface area contributed by atoms with E-state index in [-0.39, 0.29) is 0 Å². The summed E-state index contributed by atoms with van der Waals surface area (Å²) in [5.41, 5.74) is 15.6. The van der Waals surface area contributed by atoms with Crippen molar-refractivity contribution in [2.24, 2.45) is 0 Å². The highest BCUT2D eigenvalue weighted by Crippen LogP contribution is 2.46. The van der Waals surface area contributed by atoms with Crippen molar-refractivity contribution in [1.29, 1.82) is 15.8 Å². The molecule has 0 amide bonds. The second-order valence-corrected chi connectivity index (χ2v) is 17.4. The van der Waals surface area contributed by atoms with Gasteiger partial charge in [0.25, 0.3) is 0 Å². The van der Waals surface area contributed by atoms with Gasteiger partial charge in [-0.2, -0.15) is 15.8 Å². The summed E-state index contributed by atoms with van der Waals surface area (Å²) in [4.78, 5) is 12.7. The zero-order valence-corrected chi connectivity index (χ0v) is 38.2. The van der Waals surface area contributed by atoms with Crippen molar-refractivity contribution in [2.45, 2.75) is 0 Å². The Morgan fingerprint density at radius 2 is 0.903 bits per heavy atom. The lowest BCUT2D eigenvalue weighted by Crippen LogP contribution is -2.05. The number of hydrogen-bond acceptors (Lipinski definition) is 4. The van der Waals surface area contributed by atoms with Gasteiger partial charge in [-0.1, -0.05) is 133 Å². The molecule has 330 valence electrons. The molecule has 9 aromatic carbocycles. The van der Waals surface area contributed by atoms with Crippen molar-refractivity contribution in [2.75, 3.05) is 0 Å². The molecule has 0 bridgehead atoms. The van der Waals surface area contributed by atoms with E-state index in [1.54, 1.807) is 24.3 Å². The quantitative estimate of drug-likeness (QED) is 0.149. The first-order valence-corrected chi connectivity index (χ1v) is 23.1. The summed E-state index contributed by atoms with van der Waals surface area (Å²) in [5, 5.41) is 34.9. The van der Waals surface area contributed by atoms with Crippen LogP contribution in [-0.2, 0) is 0 Å². The predicted octanol–water partition coefficient (Wildman–Crippen LogP) is 16.3. The molecular formula is C64H34N8. The average Bonchev–Trinajstić information content (AvgIpc) is 3.96. The van der Waals surface area contributed by atoms with Crippen LogP contribution in [0.1, 0.15) is 16.7 Å². The Labute approximate surface area is 414 Å². The van der Waals surface area contributed by atoms with Crippen molar-refractivity contribution in [3.8, 4) is 85.5 Å². The SMILES string of the molecule is [C-]#[N+]c1ccc(-c2ccc3c(c2)c2ccccc2n3-c2cc(C#N)cc(-n3c4ccccc4c4cc(-c5ccc(C#N)cc5C#N)ccc43)c2-c2cc(-c3ccccc3)nc(-c3ccccc3)c2)c([N+]#[C-])c1. The number of rotatable bonds is 7. The smallest absolute Gasteiger partial charge is 0.184 e. The Kier molecular flexibility index (Phi) is 10.3. The van der Waals surface area contributed by atoms with E-state index < -0.39 is 0 Å². The summed E-state index contributed by atoms with van der Waals surface area (Å²) in [5.74, 6) is 0. The zero-order chi connectivity index (χ0) is 48.9. The number of pyridine rings is 1. The van der Waals surface area contributed by atoms with Crippen molar-refractivity contribution in [3.63, 3.8) is 0 Å². The maximum absolute atomic E-state index is 11.1. The largest absolute Gasteiger partial charge is 0.308 e. The second kappa shape index (κ2) is 17.4. The lowest BCUT2D eigenvalue weighted by Gasteiger charge is -2.22. The summed E-state index contributed by atoms with van der Waals surface area (Å²) in [6.45, 7) is 15.6. The van der Waals surface area contributed by atoms with Crippen LogP contribution in [-0.4, -0.2) is 14.1 Å². The summed E-state index contributed by atoms with van der Waals surface area (Å²) in [7, 11) is 0. The normalized spacial score (nSPS) is 11.0. The Balaban J connectivity index is 1.21. The number of hydrogen-bond donors (Lipinski definition) is 0. The molecule has 12 aromatic rings. The molecule has 0 fully saturated rings. The Morgan fingerprint density at radius 3 is 1.43 bits per heavy atom. The van der Waals surface area contributed by atoms with Gasteiger partial charge in [0.2, 0.25) is 0 Å². The van der Waals surface area contributed by atoms with Crippen molar-refractivity contribution < 1.29 is 0 Å². The topological polar surface area (TPSA) is 103 Å². The van der Waals surface area contributed by atoms with E-state index in [0.29, 0.717) is 28.1 Å². The Morgan fingerprint density at radius 1 is 0.389 bits per heavy atom.